The number of carbonyl (C=O) groups excluding carboxylic acids is 2. The van der Waals surface area contributed by atoms with Gasteiger partial charge in [0, 0.05) is 17.3 Å². The summed E-state index contributed by atoms with van der Waals surface area (Å²) in [7, 11) is 0. The van der Waals surface area contributed by atoms with Crippen molar-refractivity contribution in [3.8, 4) is 0 Å². The minimum atomic E-state index is -1.06. The second kappa shape index (κ2) is 7.61. The lowest BCUT2D eigenvalue weighted by Crippen LogP contribution is -2.47. The van der Waals surface area contributed by atoms with Crippen molar-refractivity contribution in [1.29, 1.82) is 0 Å². The predicted octanol–water partition coefficient (Wildman–Crippen LogP) is 2.50. The van der Waals surface area contributed by atoms with Gasteiger partial charge >= 0.3 is 11.8 Å². The van der Waals surface area contributed by atoms with Crippen LogP contribution >= 0.6 is 11.6 Å². The molecule has 0 bridgehead atoms. The van der Waals surface area contributed by atoms with E-state index in [0.29, 0.717) is 10.7 Å². The Morgan fingerprint density at radius 2 is 2.00 bits per heavy atom. The van der Waals surface area contributed by atoms with Crippen molar-refractivity contribution in [2.24, 2.45) is 5.92 Å². The third kappa shape index (κ3) is 5.00. The van der Waals surface area contributed by atoms with Crippen LogP contribution in [0.25, 0.3) is 0 Å². The normalized spacial score (nSPS) is 14.8. The Labute approximate surface area is 136 Å². The fourth-order valence-electron chi connectivity index (χ4n) is 1.86. The zero-order valence-electron chi connectivity index (χ0n) is 13.4. The van der Waals surface area contributed by atoms with Crippen molar-refractivity contribution >= 4 is 29.1 Å². The van der Waals surface area contributed by atoms with Gasteiger partial charge in [0.25, 0.3) is 0 Å². The molecule has 6 heteroatoms. The maximum atomic E-state index is 11.9. The van der Waals surface area contributed by atoms with Gasteiger partial charge in [-0.25, -0.2) is 0 Å². The number of halogens is 1. The van der Waals surface area contributed by atoms with Crippen molar-refractivity contribution in [2.75, 3.05) is 11.9 Å². The maximum Gasteiger partial charge on any atom is 0.313 e. The summed E-state index contributed by atoms with van der Waals surface area (Å²) < 4.78 is 0. The van der Waals surface area contributed by atoms with E-state index in [4.69, 9.17) is 11.6 Å². The van der Waals surface area contributed by atoms with E-state index in [9.17, 15) is 14.7 Å². The van der Waals surface area contributed by atoms with Crippen molar-refractivity contribution in [3.05, 3.63) is 28.8 Å². The molecule has 3 N–H and O–H groups in total. The van der Waals surface area contributed by atoms with Crippen molar-refractivity contribution < 1.29 is 14.7 Å². The van der Waals surface area contributed by atoms with E-state index in [0.717, 1.165) is 12.0 Å². The molecular formula is C16H23ClN2O3. The lowest BCUT2D eigenvalue weighted by Gasteiger charge is -2.29. The monoisotopic (exact) mass is 326 g/mol. The van der Waals surface area contributed by atoms with Crippen LogP contribution in [0.2, 0.25) is 5.02 Å². The van der Waals surface area contributed by atoms with Gasteiger partial charge in [-0.3, -0.25) is 9.59 Å². The summed E-state index contributed by atoms with van der Waals surface area (Å²) >= 11 is 5.87. The zero-order chi connectivity index (χ0) is 16.9. The maximum absolute atomic E-state index is 11.9. The summed E-state index contributed by atoms with van der Waals surface area (Å²) in [6, 6.07) is 5.04. The average molecular weight is 327 g/mol. The molecule has 2 amide bonds. The highest BCUT2D eigenvalue weighted by Gasteiger charge is 2.28. The molecule has 0 spiro atoms. The molecule has 0 radical (unpaired) electrons. The molecule has 22 heavy (non-hydrogen) atoms. The van der Waals surface area contributed by atoms with Crippen LogP contribution in [0.15, 0.2) is 18.2 Å². The van der Waals surface area contributed by atoms with E-state index in [2.05, 4.69) is 10.6 Å². The van der Waals surface area contributed by atoms with E-state index in [1.807, 2.05) is 13.8 Å². The molecule has 0 aliphatic rings. The van der Waals surface area contributed by atoms with Crippen LogP contribution in [-0.4, -0.2) is 29.1 Å². The smallest absolute Gasteiger partial charge is 0.313 e. The minimum Gasteiger partial charge on any atom is -0.388 e. The first-order valence-electron chi connectivity index (χ1n) is 7.25. The Kier molecular flexibility index (Phi) is 6.38. The second-order valence-corrected chi connectivity index (χ2v) is 6.20. The fraction of sp³-hybridized carbons (Fsp3) is 0.500. The topological polar surface area (TPSA) is 78.4 Å². The highest BCUT2D eigenvalue weighted by molar-refractivity contribution is 6.40. The van der Waals surface area contributed by atoms with Crippen LogP contribution in [0.1, 0.15) is 32.8 Å². The molecule has 2 atom stereocenters. The Morgan fingerprint density at radius 3 is 2.59 bits per heavy atom. The van der Waals surface area contributed by atoms with Crippen molar-refractivity contribution in [3.63, 3.8) is 0 Å². The fourth-order valence-corrected chi connectivity index (χ4v) is 2.03. The molecule has 0 unspecified atom stereocenters. The first kappa shape index (κ1) is 18.5. The number of anilines is 1. The summed E-state index contributed by atoms with van der Waals surface area (Å²) in [5.74, 6) is -1.57. The lowest BCUT2D eigenvalue weighted by atomic mass is 9.89. The Balaban J connectivity index is 2.63. The van der Waals surface area contributed by atoms with Gasteiger partial charge in [0.1, 0.15) is 0 Å². The summed E-state index contributed by atoms with van der Waals surface area (Å²) in [6.45, 7) is 7.30. The minimum absolute atomic E-state index is 0.00559. The van der Waals surface area contributed by atoms with Crippen LogP contribution in [0, 0.1) is 12.8 Å². The first-order valence-corrected chi connectivity index (χ1v) is 7.63. The first-order chi connectivity index (χ1) is 10.2. The number of rotatable bonds is 5. The second-order valence-electron chi connectivity index (χ2n) is 5.76. The molecule has 0 saturated carbocycles. The molecule has 0 aliphatic heterocycles. The summed E-state index contributed by atoms with van der Waals surface area (Å²) in [5.41, 5.74) is 0.231. The number of nitrogens with one attached hydrogen (secondary N) is 2. The predicted molar refractivity (Wildman–Crippen MR) is 87.9 cm³/mol. The molecule has 0 aromatic heterocycles. The number of benzene rings is 1. The Morgan fingerprint density at radius 1 is 1.36 bits per heavy atom. The quantitative estimate of drug-likeness (QED) is 0.727. The highest BCUT2D eigenvalue weighted by atomic mass is 35.5. The van der Waals surface area contributed by atoms with Crippen LogP contribution in [-0.2, 0) is 9.59 Å². The van der Waals surface area contributed by atoms with Gasteiger partial charge < -0.3 is 15.7 Å². The molecule has 0 aliphatic carbocycles. The largest absolute Gasteiger partial charge is 0.388 e. The van der Waals surface area contributed by atoms with E-state index in [1.54, 1.807) is 32.0 Å². The van der Waals surface area contributed by atoms with Gasteiger partial charge in [-0.2, -0.15) is 0 Å². The van der Waals surface area contributed by atoms with Gasteiger partial charge in [-0.1, -0.05) is 37.9 Å². The number of amides is 2. The molecule has 1 rings (SSSR count). The lowest BCUT2D eigenvalue weighted by molar-refractivity contribution is -0.137. The average Bonchev–Trinajstić information content (AvgIpc) is 2.47. The van der Waals surface area contributed by atoms with Crippen LogP contribution < -0.4 is 10.6 Å². The van der Waals surface area contributed by atoms with Gasteiger partial charge in [-0.05, 0) is 37.5 Å². The number of aliphatic hydroxyl groups is 1. The number of aryl methyl sites for hydroxylation is 1. The molecule has 5 nitrogen and oxygen atoms in total. The van der Waals surface area contributed by atoms with Gasteiger partial charge in [0.2, 0.25) is 0 Å². The van der Waals surface area contributed by atoms with Gasteiger partial charge in [0.15, 0.2) is 0 Å². The van der Waals surface area contributed by atoms with Gasteiger partial charge in [0.05, 0.1) is 5.60 Å². The molecule has 1 aromatic rings. The Hall–Kier alpha value is -1.59. The summed E-state index contributed by atoms with van der Waals surface area (Å²) in [5, 5.41) is 15.7. The third-order valence-corrected chi connectivity index (χ3v) is 4.17. The molecule has 0 saturated heterocycles. The summed E-state index contributed by atoms with van der Waals surface area (Å²) in [4.78, 5) is 23.7. The van der Waals surface area contributed by atoms with E-state index >= 15 is 0 Å². The highest BCUT2D eigenvalue weighted by Crippen LogP contribution is 2.20. The third-order valence-electron chi connectivity index (χ3n) is 3.93. The zero-order valence-corrected chi connectivity index (χ0v) is 14.1. The molecule has 122 valence electrons. The van der Waals surface area contributed by atoms with Crippen LogP contribution in [0.3, 0.4) is 0 Å². The SMILES string of the molecule is CC[C@@H](C)[C@](C)(O)CNC(=O)C(=O)Nc1cc(Cl)ccc1C. The van der Waals surface area contributed by atoms with E-state index < -0.39 is 17.4 Å². The van der Waals surface area contributed by atoms with Crippen molar-refractivity contribution in [1.82, 2.24) is 5.32 Å². The molecule has 0 heterocycles. The van der Waals surface area contributed by atoms with Gasteiger partial charge in [-0.15, -0.1) is 0 Å². The van der Waals surface area contributed by atoms with Crippen LogP contribution in [0.5, 0.6) is 0 Å². The summed E-state index contributed by atoms with van der Waals surface area (Å²) in [6.07, 6.45) is 0.775. The standard InChI is InChI=1S/C16H23ClN2O3/c1-5-11(3)16(4,22)9-18-14(20)15(21)19-13-8-12(17)7-6-10(13)2/h6-8,11,22H,5,9H2,1-4H3,(H,18,20)(H,19,21)/t11-,16-/m1/s1. The van der Waals surface area contributed by atoms with Crippen LogP contribution in [0.4, 0.5) is 5.69 Å². The molecule has 0 fully saturated rings. The van der Waals surface area contributed by atoms with Crippen molar-refractivity contribution in [2.45, 2.75) is 39.7 Å². The molecule has 1 aromatic carbocycles. The number of hydrogen-bond acceptors (Lipinski definition) is 3. The van der Waals surface area contributed by atoms with E-state index in [1.165, 1.54) is 0 Å². The van der Waals surface area contributed by atoms with E-state index in [-0.39, 0.29) is 12.5 Å². The number of hydrogen-bond donors (Lipinski definition) is 3. The number of carbonyl (C=O) groups is 2. The Bertz CT molecular complexity index is 558. The molecular weight excluding hydrogens is 304 g/mol.